The van der Waals surface area contributed by atoms with E-state index in [0.29, 0.717) is 9.63 Å². The number of carbonyl (C=O) groups excluding carboxylic acids is 3. The summed E-state index contributed by atoms with van der Waals surface area (Å²) < 4.78 is 42.6. The summed E-state index contributed by atoms with van der Waals surface area (Å²) in [5, 5.41) is 11.8. The van der Waals surface area contributed by atoms with E-state index in [4.69, 9.17) is 55.9 Å². The van der Waals surface area contributed by atoms with Crippen LogP contribution in [-0.4, -0.2) is 42.4 Å². The van der Waals surface area contributed by atoms with Crippen molar-refractivity contribution in [2.24, 2.45) is 5.92 Å². The fourth-order valence-corrected chi connectivity index (χ4v) is 5.34. The number of nitrogens with zero attached hydrogens (tertiary/aromatic N) is 2. The van der Waals surface area contributed by atoms with Gasteiger partial charge < -0.3 is 19.4 Å². The number of esters is 1. The van der Waals surface area contributed by atoms with Crippen molar-refractivity contribution in [2.45, 2.75) is 32.0 Å². The second kappa shape index (κ2) is 12.7. The number of alkyl halides is 2. The summed E-state index contributed by atoms with van der Waals surface area (Å²) in [6.07, 6.45) is 2.63. The molecular formula is C28H20Cl4F2N2O7. The number of halogens is 6. The molecular weight excluding hydrogens is 656 g/mol. The molecule has 15 heteroatoms. The van der Waals surface area contributed by atoms with Gasteiger partial charge in [-0.05, 0) is 48.6 Å². The third kappa shape index (κ3) is 7.06. The maximum atomic E-state index is 13.2. The molecule has 2 aromatic carbocycles. The van der Waals surface area contributed by atoms with Gasteiger partial charge in [0.2, 0.25) is 0 Å². The van der Waals surface area contributed by atoms with Crippen LogP contribution in [0.15, 0.2) is 42.7 Å². The van der Waals surface area contributed by atoms with E-state index < -0.39 is 37.0 Å². The fraction of sp³-hybridized carbons (Fsp3) is 0.286. The van der Waals surface area contributed by atoms with Crippen molar-refractivity contribution >= 4 is 64.2 Å². The maximum Gasteiger partial charge on any atom is 0.387 e. The van der Waals surface area contributed by atoms with E-state index in [1.165, 1.54) is 30.3 Å². The van der Waals surface area contributed by atoms with Crippen molar-refractivity contribution in [2.75, 3.05) is 13.2 Å². The van der Waals surface area contributed by atoms with Crippen LogP contribution in [0, 0.1) is 11.1 Å². The van der Waals surface area contributed by atoms with E-state index >= 15 is 0 Å². The third-order valence-electron chi connectivity index (χ3n) is 6.75. The van der Waals surface area contributed by atoms with E-state index in [-0.39, 0.29) is 72.8 Å². The lowest BCUT2D eigenvalue weighted by Crippen LogP contribution is -2.36. The number of rotatable bonds is 11. The molecule has 0 N–H and O–H groups in total. The SMILES string of the molecule is O=C(CN1C(=O)c2cc(Cl)c(Cl)cc2C1=O)O[C@@H](Cc1c(Cl)c[n+]([O-])cc1Cl)c1ccc(OC(F)F)c(OCC2CC2)c1. The lowest BCUT2D eigenvalue weighted by molar-refractivity contribution is -0.605. The molecule has 1 saturated carbocycles. The summed E-state index contributed by atoms with van der Waals surface area (Å²) in [5.74, 6) is -2.50. The average Bonchev–Trinajstić information content (AvgIpc) is 3.74. The zero-order valence-corrected chi connectivity index (χ0v) is 24.9. The summed E-state index contributed by atoms with van der Waals surface area (Å²) >= 11 is 24.5. The molecule has 43 heavy (non-hydrogen) atoms. The Hall–Kier alpha value is -3.38. The molecule has 1 aliphatic carbocycles. The van der Waals surface area contributed by atoms with E-state index in [1.54, 1.807) is 0 Å². The van der Waals surface area contributed by atoms with E-state index in [1.807, 2.05) is 0 Å². The van der Waals surface area contributed by atoms with Gasteiger partial charge in [-0.15, -0.1) is 0 Å². The Morgan fingerprint density at radius 1 is 0.953 bits per heavy atom. The van der Waals surface area contributed by atoms with Crippen LogP contribution in [0.3, 0.4) is 0 Å². The van der Waals surface area contributed by atoms with Gasteiger partial charge in [-0.3, -0.25) is 19.3 Å². The molecule has 0 saturated heterocycles. The van der Waals surface area contributed by atoms with Crippen LogP contribution >= 0.6 is 46.4 Å². The number of imide groups is 1. The Morgan fingerprint density at radius 2 is 1.56 bits per heavy atom. The highest BCUT2D eigenvalue weighted by Gasteiger charge is 2.38. The smallest absolute Gasteiger partial charge is 0.387 e. The third-order valence-corrected chi connectivity index (χ3v) is 8.12. The molecule has 2 amide bonds. The van der Waals surface area contributed by atoms with E-state index in [0.717, 1.165) is 25.2 Å². The molecule has 9 nitrogen and oxygen atoms in total. The highest BCUT2D eigenvalue weighted by Crippen LogP contribution is 2.38. The normalized spacial score (nSPS) is 15.1. The molecule has 5 rings (SSSR count). The minimum atomic E-state index is -3.12. The first-order chi connectivity index (χ1) is 20.4. The molecule has 2 aliphatic rings. The summed E-state index contributed by atoms with van der Waals surface area (Å²) in [6, 6.07) is 6.47. The molecule has 1 fully saturated rings. The molecule has 3 aromatic rings. The van der Waals surface area contributed by atoms with Crippen molar-refractivity contribution in [3.63, 3.8) is 0 Å². The molecule has 226 valence electrons. The van der Waals surface area contributed by atoms with Crippen LogP contribution < -0.4 is 14.2 Å². The van der Waals surface area contributed by atoms with E-state index in [9.17, 15) is 28.4 Å². The zero-order chi connectivity index (χ0) is 31.0. The van der Waals surface area contributed by atoms with Gasteiger partial charge in [0, 0.05) is 12.0 Å². The van der Waals surface area contributed by atoms with Crippen LogP contribution in [0.1, 0.15) is 50.8 Å². The first-order valence-corrected chi connectivity index (χ1v) is 14.3. The highest BCUT2D eigenvalue weighted by atomic mass is 35.5. The number of pyridine rings is 1. The van der Waals surface area contributed by atoms with Gasteiger partial charge in [0.15, 0.2) is 23.9 Å². The number of hydrogen-bond donors (Lipinski definition) is 0. The van der Waals surface area contributed by atoms with Crippen LogP contribution in [0.2, 0.25) is 20.1 Å². The number of benzene rings is 2. The van der Waals surface area contributed by atoms with Gasteiger partial charge in [-0.2, -0.15) is 13.5 Å². The van der Waals surface area contributed by atoms with Crippen LogP contribution in [0.4, 0.5) is 8.78 Å². The number of carbonyl (C=O) groups is 3. The number of hydrogen-bond acceptors (Lipinski definition) is 7. The molecule has 1 aromatic heterocycles. The molecule has 0 spiro atoms. The molecule has 1 atom stereocenters. The number of fused-ring (bicyclic) bond motifs is 1. The second-order valence-electron chi connectivity index (χ2n) is 9.82. The molecule has 2 heterocycles. The molecule has 0 bridgehead atoms. The predicted octanol–water partition coefficient (Wildman–Crippen LogP) is 6.45. The largest absolute Gasteiger partial charge is 0.619 e. The quantitative estimate of drug-likeness (QED) is 0.0995. The van der Waals surface area contributed by atoms with Crippen molar-refractivity contribution in [1.29, 1.82) is 0 Å². The summed E-state index contributed by atoms with van der Waals surface area (Å²) in [5.41, 5.74) is 0.466. The number of amides is 2. The fourth-order valence-electron chi connectivity index (χ4n) is 4.41. The first kappa shape index (κ1) is 31.1. The molecule has 1 aliphatic heterocycles. The first-order valence-electron chi connectivity index (χ1n) is 12.7. The zero-order valence-electron chi connectivity index (χ0n) is 21.8. The van der Waals surface area contributed by atoms with Gasteiger partial charge in [-0.1, -0.05) is 52.5 Å². The van der Waals surface area contributed by atoms with E-state index in [2.05, 4.69) is 4.74 Å². The van der Waals surface area contributed by atoms with Gasteiger partial charge in [-0.25, -0.2) is 0 Å². The Morgan fingerprint density at radius 3 is 2.12 bits per heavy atom. The van der Waals surface area contributed by atoms with Crippen molar-refractivity contribution in [3.8, 4) is 11.5 Å². The van der Waals surface area contributed by atoms with Gasteiger partial charge in [0.05, 0.1) is 27.8 Å². The number of aromatic nitrogens is 1. The summed E-state index contributed by atoms with van der Waals surface area (Å²) in [6.45, 7) is -3.62. The topological polar surface area (TPSA) is 109 Å². The van der Waals surface area contributed by atoms with Crippen LogP contribution in [-0.2, 0) is 16.0 Å². The Bertz CT molecular complexity index is 1560. The van der Waals surface area contributed by atoms with Crippen LogP contribution in [0.5, 0.6) is 11.5 Å². The lowest BCUT2D eigenvalue weighted by Gasteiger charge is -2.22. The Kier molecular flexibility index (Phi) is 9.17. The minimum Gasteiger partial charge on any atom is -0.619 e. The standard InChI is InChI=1S/C28H20Cl4F2N2O7/c29-18-6-15-16(7-19(18)30)27(39)36(26(15)38)11-25(37)42-23(8-17-20(31)9-35(40)10-21(17)32)14-3-4-22(43-28(33)34)24(5-14)41-12-13-1-2-13/h3-7,9-10,13,23,28H,1-2,8,11-12H2/t23-/m0/s1. The monoisotopic (exact) mass is 674 g/mol. The lowest BCUT2D eigenvalue weighted by atomic mass is 10.0. The molecule has 0 radical (unpaired) electrons. The Balaban J connectivity index is 1.44. The van der Waals surface area contributed by atoms with Crippen molar-refractivity contribution < 1.29 is 42.1 Å². The maximum absolute atomic E-state index is 13.2. The minimum absolute atomic E-state index is 0.0116. The molecule has 0 unspecified atom stereocenters. The van der Waals surface area contributed by atoms with Crippen molar-refractivity contribution in [1.82, 2.24) is 4.90 Å². The Labute approximate surface area is 263 Å². The summed E-state index contributed by atoms with van der Waals surface area (Å²) in [4.78, 5) is 39.7. The summed E-state index contributed by atoms with van der Waals surface area (Å²) in [7, 11) is 0. The van der Waals surface area contributed by atoms with Gasteiger partial charge >= 0.3 is 12.6 Å². The predicted molar refractivity (Wildman–Crippen MR) is 151 cm³/mol. The van der Waals surface area contributed by atoms with Crippen molar-refractivity contribution in [3.05, 3.63) is 90.3 Å². The van der Waals surface area contributed by atoms with Crippen LogP contribution in [0.25, 0.3) is 0 Å². The number of ether oxygens (including phenoxy) is 3. The highest BCUT2D eigenvalue weighted by molar-refractivity contribution is 6.43. The second-order valence-corrected chi connectivity index (χ2v) is 11.5. The van der Waals surface area contributed by atoms with Gasteiger partial charge in [0.1, 0.15) is 22.7 Å². The van der Waals surface area contributed by atoms with Gasteiger partial charge in [0.25, 0.3) is 11.8 Å². The average molecular weight is 676 g/mol.